The molecule has 0 aromatic rings. The first-order chi connectivity index (χ1) is 8.29. The summed E-state index contributed by atoms with van der Waals surface area (Å²) in [6.07, 6.45) is 2.42. The largest absolute Gasteiger partial charge is 0.380 e. The van der Waals surface area contributed by atoms with E-state index in [-0.39, 0.29) is 5.91 Å². The van der Waals surface area contributed by atoms with Crippen molar-refractivity contribution < 1.29 is 9.53 Å². The molecule has 1 N–H and O–H groups in total. The molecule has 5 nitrogen and oxygen atoms in total. The predicted octanol–water partition coefficient (Wildman–Crippen LogP) is -0.471. The number of ether oxygens (including phenoxy) is 1. The number of amides is 1. The minimum Gasteiger partial charge on any atom is -0.380 e. The van der Waals surface area contributed by atoms with E-state index in [0.29, 0.717) is 12.6 Å². The van der Waals surface area contributed by atoms with E-state index in [2.05, 4.69) is 10.2 Å². The molecule has 1 amide bonds. The number of carbonyl (C=O) groups is 1. The van der Waals surface area contributed by atoms with Crippen LogP contribution >= 0.6 is 0 Å². The van der Waals surface area contributed by atoms with Gasteiger partial charge in [0.25, 0.3) is 0 Å². The summed E-state index contributed by atoms with van der Waals surface area (Å²) >= 11 is 0. The Morgan fingerprint density at radius 2 is 2.24 bits per heavy atom. The van der Waals surface area contributed by atoms with Gasteiger partial charge in [0.15, 0.2) is 0 Å². The van der Waals surface area contributed by atoms with Crippen molar-refractivity contribution in [1.29, 1.82) is 0 Å². The fraction of sp³-hybridized carbons (Fsp3) is 0.917. The van der Waals surface area contributed by atoms with Crippen LogP contribution < -0.4 is 5.32 Å². The summed E-state index contributed by atoms with van der Waals surface area (Å²) in [4.78, 5) is 16.3. The molecule has 0 saturated carbocycles. The van der Waals surface area contributed by atoms with Crippen LogP contribution in [0.1, 0.15) is 12.8 Å². The molecule has 2 aliphatic heterocycles. The van der Waals surface area contributed by atoms with Crippen LogP contribution in [0.5, 0.6) is 0 Å². The zero-order valence-corrected chi connectivity index (χ0v) is 10.7. The van der Waals surface area contributed by atoms with E-state index in [1.807, 2.05) is 4.90 Å². The lowest BCUT2D eigenvalue weighted by Gasteiger charge is -2.23. The molecule has 5 heteroatoms. The van der Waals surface area contributed by atoms with Crippen LogP contribution in [0, 0.1) is 0 Å². The minimum absolute atomic E-state index is 0.269. The van der Waals surface area contributed by atoms with E-state index in [4.69, 9.17) is 4.74 Å². The third kappa shape index (κ3) is 3.66. The Hall–Kier alpha value is -0.650. The average molecular weight is 241 g/mol. The fourth-order valence-electron chi connectivity index (χ4n) is 2.52. The Morgan fingerprint density at radius 3 is 3.00 bits per heavy atom. The van der Waals surface area contributed by atoms with Crippen LogP contribution in [0.4, 0.5) is 0 Å². The van der Waals surface area contributed by atoms with Crippen molar-refractivity contribution in [2.24, 2.45) is 0 Å². The molecule has 17 heavy (non-hydrogen) atoms. The van der Waals surface area contributed by atoms with E-state index in [9.17, 15) is 4.79 Å². The molecule has 1 unspecified atom stereocenters. The van der Waals surface area contributed by atoms with E-state index >= 15 is 0 Å². The predicted molar refractivity (Wildman–Crippen MR) is 65.9 cm³/mol. The van der Waals surface area contributed by atoms with Crippen LogP contribution in [0.2, 0.25) is 0 Å². The summed E-state index contributed by atoms with van der Waals surface area (Å²) in [5, 5.41) is 3.31. The molecule has 2 aliphatic rings. The SMILES string of the molecule is COC1CCN(CC(=O)N2CCCNCC2)C1. The van der Waals surface area contributed by atoms with E-state index in [0.717, 1.165) is 52.1 Å². The first kappa shape index (κ1) is 12.8. The van der Waals surface area contributed by atoms with Crippen molar-refractivity contribution in [1.82, 2.24) is 15.1 Å². The molecule has 1 atom stereocenters. The van der Waals surface area contributed by atoms with Crippen molar-refractivity contribution in [3.63, 3.8) is 0 Å². The van der Waals surface area contributed by atoms with Gasteiger partial charge < -0.3 is 15.0 Å². The number of nitrogens with one attached hydrogen (secondary N) is 1. The number of carbonyl (C=O) groups excluding carboxylic acids is 1. The molecule has 0 aromatic heterocycles. The highest BCUT2D eigenvalue weighted by molar-refractivity contribution is 5.78. The normalized spacial score (nSPS) is 27.1. The van der Waals surface area contributed by atoms with Gasteiger partial charge in [-0.05, 0) is 19.4 Å². The number of hydrogen-bond donors (Lipinski definition) is 1. The van der Waals surface area contributed by atoms with Crippen molar-refractivity contribution in [2.45, 2.75) is 18.9 Å². The second-order valence-electron chi connectivity index (χ2n) is 4.87. The molecule has 2 saturated heterocycles. The van der Waals surface area contributed by atoms with E-state index in [1.165, 1.54) is 0 Å². The summed E-state index contributed by atoms with van der Waals surface area (Å²) in [7, 11) is 1.75. The topological polar surface area (TPSA) is 44.8 Å². The third-order valence-corrected chi connectivity index (χ3v) is 3.61. The fourth-order valence-corrected chi connectivity index (χ4v) is 2.52. The molecule has 2 heterocycles. The van der Waals surface area contributed by atoms with Crippen LogP contribution in [-0.2, 0) is 9.53 Å². The Balaban J connectivity index is 1.76. The zero-order chi connectivity index (χ0) is 12.1. The number of methoxy groups -OCH3 is 1. The Bertz CT molecular complexity index is 252. The number of rotatable bonds is 3. The third-order valence-electron chi connectivity index (χ3n) is 3.61. The van der Waals surface area contributed by atoms with E-state index < -0.39 is 0 Å². The lowest BCUT2D eigenvalue weighted by atomic mass is 10.3. The van der Waals surface area contributed by atoms with Gasteiger partial charge in [0.05, 0.1) is 12.6 Å². The van der Waals surface area contributed by atoms with Crippen molar-refractivity contribution in [3.8, 4) is 0 Å². The van der Waals surface area contributed by atoms with Gasteiger partial charge in [0.1, 0.15) is 0 Å². The molecule has 2 fully saturated rings. The summed E-state index contributed by atoms with van der Waals surface area (Å²) in [5.41, 5.74) is 0. The van der Waals surface area contributed by atoms with Gasteiger partial charge in [-0.15, -0.1) is 0 Å². The van der Waals surface area contributed by atoms with Crippen molar-refractivity contribution >= 4 is 5.91 Å². The first-order valence-electron chi connectivity index (χ1n) is 6.53. The highest BCUT2D eigenvalue weighted by atomic mass is 16.5. The van der Waals surface area contributed by atoms with Gasteiger partial charge in [-0.3, -0.25) is 9.69 Å². The monoisotopic (exact) mass is 241 g/mol. The van der Waals surface area contributed by atoms with Crippen LogP contribution in [0.25, 0.3) is 0 Å². The van der Waals surface area contributed by atoms with Gasteiger partial charge in [-0.2, -0.15) is 0 Å². The first-order valence-corrected chi connectivity index (χ1v) is 6.53. The summed E-state index contributed by atoms with van der Waals surface area (Å²) in [5.74, 6) is 0.269. The maximum atomic E-state index is 12.1. The number of hydrogen-bond acceptors (Lipinski definition) is 4. The van der Waals surface area contributed by atoms with Crippen LogP contribution in [-0.4, -0.2) is 74.7 Å². The highest BCUT2D eigenvalue weighted by Gasteiger charge is 2.25. The van der Waals surface area contributed by atoms with Crippen molar-refractivity contribution in [2.75, 3.05) is 52.9 Å². The van der Waals surface area contributed by atoms with Crippen LogP contribution in [0.3, 0.4) is 0 Å². The summed E-state index contributed by atoms with van der Waals surface area (Å²) < 4.78 is 5.31. The minimum atomic E-state index is 0.269. The smallest absolute Gasteiger partial charge is 0.236 e. The lowest BCUT2D eigenvalue weighted by molar-refractivity contribution is -0.132. The molecular formula is C12H23N3O2. The number of likely N-dealkylation sites (tertiary alicyclic amines) is 1. The number of nitrogens with zero attached hydrogens (tertiary/aromatic N) is 2. The molecule has 98 valence electrons. The van der Waals surface area contributed by atoms with Gasteiger partial charge >= 0.3 is 0 Å². The molecular weight excluding hydrogens is 218 g/mol. The van der Waals surface area contributed by atoms with Gasteiger partial charge in [0, 0.05) is 39.8 Å². The standard InChI is InChI=1S/C12H23N3O2/c1-17-11-3-7-14(9-11)10-12(16)15-6-2-4-13-5-8-15/h11,13H,2-10H2,1H3. The maximum absolute atomic E-state index is 12.1. The van der Waals surface area contributed by atoms with Gasteiger partial charge in [-0.1, -0.05) is 0 Å². The van der Waals surface area contributed by atoms with Gasteiger partial charge in [0.2, 0.25) is 5.91 Å². The Kier molecular flexibility index (Phi) is 4.76. The second-order valence-corrected chi connectivity index (χ2v) is 4.87. The Morgan fingerprint density at radius 1 is 1.35 bits per heavy atom. The summed E-state index contributed by atoms with van der Waals surface area (Å²) in [6, 6.07) is 0. The highest BCUT2D eigenvalue weighted by Crippen LogP contribution is 2.11. The maximum Gasteiger partial charge on any atom is 0.236 e. The average Bonchev–Trinajstić information content (AvgIpc) is 2.62. The lowest BCUT2D eigenvalue weighted by Crippen LogP contribution is -2.41. The van der Waals surface area contributed by atoms with Crippen molar-refractivity contribution in [3.05, 3.63) is 0 Å². The molecule has 2 rings (SSSR count). The Labute approximate surface area is 103 Å². The zero-order valence-electron chi connectivity index (χ0n) is 10.7. The molecule has 0 aliphatic carbocycles. The summed E-state index contributed by atoms with van der Waals surface area (Å²) in [6.45, 7) is 6.13. The van der Waals surface area contributed by atoms with Gasteiger partial charge in [-0.25, -0.2) is 0 Å². The van der Waals surface area contributed by atoms with Crippen LogP contribution in [0.15, 0.2) is 0 Å². The quantitative estimate of drug-likeness (QED) is 0.725. The molecule has 0 bridgehead atoms. The van der Waals surface area contributed by atoms with E-state index in [1.54, 1.807) is 7.11 Å². The molecule has 0 radical (unpaired) electrons. The molecule has 0 spiro atoms. The molecule has 0 aromatic carbocycles. The second kappa shape index (κ2) is 6.33.